The number of piperidine rings is 1. The minimum atomic E-state index is -0.266. The summed E-state index contributed by atoms with van der Waals surface area (Å²) in [6.45, 7) is 6.40. The summed E-state index contributed by atoms with van der Waals surface area (Å²) in [5, 5.41) is 3.48. The highest BCUT2D eigenvalue weighted by Crippen LogP contribution is 2.16. The van der Waals surface area contributed by atoms with Crippen LogP contribution in [0.4, 0.5) is 0 Å². The molecule has 1 unspecified atom stereocenters. The molecule has 0 aromatic heterocycles. The smallest absolute Gasteiger partial charge is 0.337 e. The van der Waals surface area contributed by atoms with Crippen LogP contribution in [0.3, 0.4) is 0 Å². The minimum absolute atomic E-state index is 0.266. The Labute approximate surface area is 127 Å². The van der Waals surface area contributed by atoms with Gasteiger partial charge < -0.3 is 10.1 Å². The lowest BCUT2D eigenvalue weighted by atomic mass is 10.0. The van der Waals surface area contributed by atoms with E-state index in [1.165, 1.54) is 25.5 Å². The Morgan fingerprint density at radius 1 is 1.48 bits per heavy atom. The molecule has 1 atom stereocenters. The number of nitrogens with zero attached hydrogens (tertiary/aromatic N) is 1. The van der Waals surface area contributed by atoms with E-state index in [9.17, 15) is 4.79 Å². The van der Waals surface area contributed by atoms with Crippen LogP contribution in [0.5, 0.6) is 0 Å². The second kappa shape index (κ2) is 8.15. The lowest BCUT2D eigenvalue weighted by Gasteiger charge is -2.34. The Hall–Kier alpha value is -1.39. The van der Waals surface area contributed by atoms with E-state index < -0.39 is 0 Å². The summed E-state index contributed by atoms with van der Waals surface area (Å²) < 4.78 is 4.80. The standard InChI is InChI=1S/C17H26N2O2/c1-3-10-19(16-8-5-9-18-12-16)13-14-6-4-7-15(11-14)17(20)21-2/h4,6-7,11,16,18H,3,5,8-10,12-13H2,1-2H3. The molecule has 1 aromatic carbocycles. The van der Waals surface area contributed by atoms with Crippen molar-refractivity contribution in [2.75, 3.05) is 26.7 Å². The zero-order chi connectivity index (χ0) is 15.1. The molecule has 4 nitrogen and oxygen atoms in total. The van der Waals surface area contributed by atoms with E-state index in [1.54, 1.807) is 0 Å². The van der Waals surface area contributed by atoms with Gasteiger partial charge in [0.05, 0.1) is 12.7 Å². The van der Waals surface area contributed by atoms with Crippen LogP contribution in [0, 0.1) is 0 Å². The van der Waals surface area contributed by atoms with Crippen LogP contribution in [0.15, 0.2) is 24.3 Å². The molecule has 1 N–H and O–H groups in total. The molecule has 116 valence electrons. The molecule has 0 saturated carbocycles. The van der Waals surface area contributed by atoms with Crippen molar-refractivity contribution in [2.24, 2.45) is 0 Å². The van der Waals surface area contributed by atoms with Crippen molar-refractivity contribution >= 4 is 5.97 Å². The predicted molar refractivity (Wildman–Crippen MR) is 84.4 cm³/mol. The molecule has 4 heteroatoms. The molecular weight excluding hydrogens is 264 g/mol. The van der Waals surface area contributed by atoms with E-state index in [4.69, 9.17) is 4.74 Å². The molecule has 2 rings (SSSR count). The fraction of sp³-hybridized carbons (Fsp3) is 0.588. The van der Waals surface area contributed by atoms with E-state index in [2.05, 4.69) is 23.2 Å². The minimum Gasteiger partial charge on any atom is -0.465 e. The van der Waals surface area contributed by atoms with E-state index in [0.717, 1.165) is 32.6 Å². The van der Waals surface area contributed by atoms with E-state index in [0.29, 0.717) is 11.6 Å². The fourth-order valence-corrected chi connectivity index (χ4v) is 2.97. The predicted octanol–water partition coefficient (Wildman–Crippen LogP) is 2.44. The summed E-state index contributed by atoms with van der Waals surface area (Å²) in [4.78, 5) is 14.2. The molecule has 1 aliphatic heterocycles. The summed E-state index contributed by atoms with van der Waals surface area (Å²) in [6, 6.07) is 8.38. The van der Waals surface area contributed by atoms with Crippen LogP contribution >= 0.6 is 0 Å². The van der Waals surface area contributed by atoms with Crippen LogP contribution in [0.25, 0.3) is 0 Å². The average molecular weight is 290 g/mol. The van der Waals surface area contributed by atoms with E-state index >= 15 is 0 Å². The maximum absolute atomic E-state index is 11.6. The number of hydrogen-bond acceptors (Lipinski definition) is 4. The van der Waals surface area contributed by atoms with Crippen molar-refractivity contribution in [3.8, 4) is 0 Å². The Balaban J connectivity index is 2.07. The molecule has 1 heterocycles. The fourth-order valence-electron chi connectivity index (χ4n) is 2.97. The maximum atomic E-state index is 11.6. The summed E-state index contributed by atoms with van der Waals surface area (Å²) in [5.74, 6) is -0.266. The first kappa shape index (κ1) is 16.0. The van der Waals surface area contributed by atoms with Gasteiger partial charge in [-0.3, -0.25) is 4.90 Å². The van der Waals surface area contributed by atoms with Gasteiger partial charge >= 0.3 is 5.97 Å². The number of esters is 1. The van der Waals surface area contributed by atoms with Gasteiger partial charge in [0.25, 0.3) is 0 Å². The van der Waals surface area contributed by atoms with E-state index in [1.807, 2.05) is 18.2 Å². The summed E-state index contributed by atoms with van der Waals surface area (Å²) in [6.07, 6.45) is 3.64. The molecule has 1 fully saturated rings. The average Bonchev–Trinajstić information content (AvgIpc) is 2.55. The van der Waals surface area contributed by atoms with Gasteiger partial charge in [-0.05, 0) is 50.0 Å². The molecule has 0 aliphatic carbocycles. The largest absolute Gasteiger partial charge is 0.465 e. The van der Waals surface area contributed by atoms with Crippen molar-refractivity contribution in [1.29, 1.82) is 0 Å². The number of nitrogens with one attached hydrogen (secondary N) is 1. The zero-order valence-electron chi connectivity index (χ0n) is 13.1. The van der Waals surface area contributed by atoms with Gasteiger partial charge in [-0.2, -0.15) is 0 Å². The highest BCUT2D eigenvalue weighted by molar-refractivity contribution is 5.89. The lowest BCUT2D eigenvalue weighted by molar-refractivity contribution is 0.0600. The van der Waals surface area contributed by atoms with Gasteiger partial charge in [0.15, 0.2) is 0 Å². The number of carbonyl (C=O) groups excluding carboxylic acids is 1. The van der Waals surface area contributed by atoms with Crippen molar-refractivity contribution in [2.45, 2.75) is 38.8 Å². The first-order valence-corrected chi connectivity index (χ1v) is 7.86. The highest BCUT2D eigenvalue weighted by Gasteiger charge is 2.20. The van der Waals surface area contributed by atoms with Gasteiger partial charge in [0.2, 0.25) is 0 Å². The van der Waals surface area contributed by atoms with Gasteiger partial charge in [0, 0.05) is 19.1 Å². The lowest BCUT2D eigenvalue weighted by Crippen LogP contribution is -2.45. The molecule has 0 radical (unpaired) electrons. The number of ether oxygens (including phenoxy) is 1. The zero-order valence-corrected chi connectivity index (χ0v) is 13.1. The number of carbonyl (C=O) groups is 1. The molecule has 21 heavy (non-hydrogen) atoms. The van der Waals surface area contributed by atoms with Gasteiger partial charge in [0.1, 0.15) is 0 Å². The monoisotopic (exact) mass is 290 g/mol. The first-order chi connectivity index (χ1) is 10.2. The third-order valence-electron chi connectivity index (χ3n) is 4.03. The van der Waals surface area contributed by atoms with Gasteiger partial charge in [-0.15, -0.1) is 0 Å². The molecule has 1 aliphatic rings. The Bertz CT molecular complexity index is 456. The van der Waals surface area contributed by atoms with Crippen LogP contribution in [0.2, 0.25) is 0 Å². The number of benzene rings is 1. The second-order valence-corrected chi connectivity index (χ2v) is 5.66. The van der Waals surface area contributed by atoms with E-state index in [-0.39, 0.29) is 5.97 Å². The number of hydrogen-bond donors (Lipinski definition) is 1. The molecule has 1 aromatic rings. The molecule has 0 amide bonds. The Morgan fingerprint density at radius 2 is 2.33 bits per heavy atom. The summed E-state index contributed by atoms with van der Waals surface area (Å²) in [7, 11) is 1.42. The molecule has 1 saturated heterocycles. The van der Waals surface area contributed by atoms with Crippen LogP contribution < -0.4 is 5.32 Å². The first-order valence-electron chi connectivity index (χ1n) is 7.86. The van der Waals surface area contributed by atoms with Crippen LogP contribution in [0.1, 0.15) is 42.1 Å². The second-order valence-electron chi connectivity index (χ2n) is 5.66. The van der Waals surface area contributed by atoms with Gasteiger partial charge in [-0.25, -0.2) is 4.79 Å². The van der Waals surface area contributed by atoms with Crippen LogP contribution in [-0.2, 0) is 11.3 Å². The maximum Gasteiger partial charge on any atom is 0.337 e. The van der Waals surface area contributed by atoms with Crippen LogP contribution in [-0.4, -0.2) is 43.7 Å². The summed E-state index contributed by atoms with van der Waals surface area (Å²) >= 11 is 0. The topological polar surface area (TPSA) is 41.6 Å². The Morgan fingerprint density at radius 3 is 3.00 bits per heavy atom. The van der Waals surface area contributed by atoms with Crippen molar-refractivity contribution in [3.63, 3.8) is 0 Å². The van der Waals surface area contributed by atoms with Crippen molar-refractivity contribution in [3.05, 3.63) is 35.4 Å². The Kier molecular flexibility index (Phi) is 6.21. The molecule has 0 bridgehead atoms. The van der Waals surface area contributed by atoms with Crippen molar-refractivity contribution in [1.82, 2.24) is 10.2 Å². The molecular formula is C17H26N2O2. The molecule has 0 spiro atoms. The number of methoxy groups -OCH3 is 1. The van der Waals surface area contributed by atoms with Crippen molar-refractivity contribution < 1.29 is 9.53 Å². The highest BCUT2D eigenvalue weighted by atomic mass is 16.5. The quantitative estimate of drug-likeness (QED) is 0.817. The SMILES string of the molecule is CCCN(Cc1cccc(C(=O)OC)c1)C1CCCNC1. The van der Waals surface area contributed by atoms with Gasteiger partial charge in [-0.1, -0.05) is 19.1 Å². The summed E-state index contributed by atoms with van der Waals surface area (Å²) in [5.41, 5.74) is 1.81. The third-order valence-corrected chi connectivity index (χ3v) is 4.03. The third kappa shape index (κ3) is 4.55. The number of rotatable bonds is 6. The normalized spacial score (nSPS) is 18.7.